The summed E-state index contributed by atoms with van der Waals surface area (Å²) in [6, 6.07) is 13.5. The summed E-state index contributed by atoms with van der Waals surface area (Å²) in [5.41, 5.74) is 2.54. The molecule has 2 aromatic carbocycles. The van der Waals surface area contributed by atoms with Crippen LogP contribution in [0.4, 0.5) is 0 Å². The van der Waals surface area contributed by atoms with Crippen molar-refractivity contribution in [3.63, 3.8) is 0 Å². The summed E-state index contributed by atoms with van der Waals surface area (Å²) in [7, 11) is 0. The molecular weight excluding hydrogens is 220 g/mol. The van der Waals surface area contributed by atoms with E-state index in [1.54, 1.807) is 6.07 Å². The van der Waals surface area contributed by atoms with E-state index in [9.17, 15) is 0 Å². The van der Waals surface area contributed by atoms with Crippen LogP contribution in [0.25, 0.3) is 21.8 Å². The second-order valence-electron chi connectivity index (χ2n) is 3.65. The summed E-state index contributed by atoms with van der Waals surface area (Å²) in [4.78, 5) is 3.24. The largest absolute Gasteiger partial charge is 0.353 e. The number of fused-ring (bicyclic) bond motifs is 3. The third kappa shape index (κ3) is 1.19. The number of aromatic nitrogens is 1. The van der Waals surface area contributed by atoms with Crippen LogP contribution in [-0.4, -0.2) is 4.98 Å². The first kappa shape index (κ1) is 9.26. The van der Waals surface area contributed by atoms with Crippen LogP contribution < -0.4 is 0 Å². The molecule has 3 heteroatoms. The molecular formula is C13H7ClN2. The predicted molar refractivity (Wildman–Crippen MR) is 65.5 cm³/mol. The lowest BCUT2D eigenvalue weighted by Gasteiger charge is -1.92. The van der Waals surface area contributed by atoms with Crippen LogP contribution in [0.15, 0.2) is 36.4 Å². The second kappa shape index (κ2) is 3.26. The minimum Gasteiger partial charge on any atom is -0.353 e. The van der Waals surface area contributed by atoms with Gasteiger partial charge in [0.2, 0.25) is 0 Å². The Bertz CT molecular complexity index is 735. The first-order valence-electron chi connectivity index (χ1n) is 4.89. The van der Waals surface area contributed by atoms with E-state index in [0.29, 0.717) is 10.6 Å². The van der Waals surface area contributed by atoms with E-state index >= 15 is 0 Å². The van der Waals surface area contributed by atoms with Gasteiger partial charge in [-0.05, 0) is 24.3 Å². The summed E-state index contributed by atoms with van der Waals surface area (Å²) >= 11 is 5.97. The molecule has 0 amide bonds. The first-order chi connectivity index (χ1) is 7.79. The number of nitrogens with one attached hydrogen (secondary N) is 1. The third-order valence-electron chi connectivity index (χ3n) is 2.72. The molecule has 1 N–H and O–H groups in total. The first-order valence-corrected chi connectivity index (χ1v) is 5.27. The number of benzene rings is 2. The van der Waals surface area contributed by atoms with E-state index < -0.39 is 0 Å². The number of hydrogen-bond donors (Lipinski definition) is 1. The highest BCUT2D eigenvalue weighted by atomic mass is 35.5. The van der Waals surface area contributed by atoms with Crippen molar-refractivity contribution in [3.05, 3.63) is 47.0 Å². The number of aromatic amines is 1. The molecule has 0 saturated heterocycles. The van der Waals surface area contributed by atoms with Gasteiger partial charge in [0.15, 0.2) is 0 Å². The molecule has 16 heavy (non-hydrogen) atoms. The van der Waals surface area contributed by atoms with Gasteiger partial charge in [-0.2, -0.15) is 5.26 Å². The van der Waals surface area contributed by atoms with Crippen LogP contribution in [0.5, 0.6) is 0 Å². The van der Waals surface area contributed by atoms with Gasteiger partial charge < -0.3 is 4.98 Å². The van der Waals surface area contributed by atoms with Crippen molar-refractivity contribution >= 4 is 33.4 Å². The highest BCUT2D eigenvalue weighted by molar-refractivity contribution is 6.31. The SMILES string of the molecule is N#Cc1cccc2c1[nH]c1ccc(Cl)cc12. The van der Waals surface area contributed by atoms with Gasteiger partial charge in [-0.3, -0.25) is 0 Å². The van der Waals surface area contributed by atoms with E-state index in [4.69, 9.17) is 16.9 Å². The summed E-state index contributed by atoms with van der Waals surface area (Å²) in [5.74, 6) is 0. The third-order valence-corrected chi connectivity index (χ3v) is 2.95. The summed E-state index contributed by atoms with van der Waals surface area (Å²) in [6.07, 6.45) is 0. The van der Waals surface area contributed by atoms with Gasteiger partial charge in [-0.15, -0.1) is 0 Å². The summed E-state index contributed by atoms with van der Waals surface area (Å²) < 4.78 is 0. The van der Waals surface area contributed by atoms with E-state index in [1.165, 1.54) is 0 Å². The van der Waals surface area contributed by atoms with Gasteiger partial charge in [0.25, 0.3) is 0 Å². The molecule has 0 unspecified atom stereocenters. The highest BCUT2D eigenvalue weighted by Gasteiger charge is 2.07. The molecule has 0 aliphatic rings. The monoisotopic (exact) mass is 226 g/mol. The lowest BCUT2D eigenvalue weighted by molar-refractivity contribution is 1.47. The molecule has 0 aliphatic carbocycles. The minimum atomic E-state index is 0.657. The maximum Gasteiger partial charge on any atom is 0.101 e. The van der Waals surface area contributed by atoms with Crippen LogP contribution in [0, 0.1) is 11.3 Å². The van der Waals surface area contributed by atoms with Crippen molar-refractivity contribution in [2.24, 2.45) is 0 Å². The Morgan fingerprint density at radius 1 is 1.12 bits per heavy atom. The molecule has 0 radical (unpaired) electrons. The topological polar surface area (TPSA) is 39.6 Å². The fraction of sp³-hybridized carbons (Fsp3) is 0. The molecule has 0 bridgehead atoms. The number of nitrogens with zero attached hydrogens (tertiary/aromatic N) is 1. The molecule has 1 aromatic heterocycles. The maximum absolute atomic E-state index is 9.02. The number of nitriles is 1. The smallest absolute Gasteiger partial charge is 0.101 e. The zero-order chi connectivity index (χ0) is 11.1. The Morgan fingerprint density at radius 3 is 2.81 bits per heavy atom. The van der Waals surface area contributed by atoms with Crippen LogP contribution in [-0.2, 0) is 0 Å². The van der Waals surface area contributed by atoms with Crippen LogP contribution in [0.1, 0.15) is 5.56 Å². The van der Waals surface area contributed by atoms with E-state index in [1.807, 2.05) is 30.3 Å². The van der Waals surface area contributed by atoms with Gasteiger partial charge >= 0.3 is 0 Å². The zero-order valence-corrected chi connectivity index (χ0v) is 9.05. The lowest BCUT2D eigenvalue weighted by Crippen LogP contribution is -1.75. The number of para-hydroxylation sites is 1. The summed E-state index contributed by atoms with van der Waals surface area (Å²) in [6.45, 7) is 0. The number of H-pyrrole nitrogens is 1. The fourth-order valence-corrected chi connectivity index (χ4v) is 2.16. The Kier molecular flexibility index (Phi) is 1.89. The van der Waals surface area contributed by atoms with Crippen molar-refractivity contribution < 1.29 is 0 Å². The van der Waals surface area contributed by atoms with Gasteiger partial charge in [0.1, 0.15) is 6.07 Å². The van der Waals surface area contributed by atoms with Crippen molar-refractivity contribution in [1.29, 1.82) is 5.26 Å². The molecule has 0 fully saturated rings. The van der Waals surface area contributed by atoms with E-state index in [0.717, 1.165) is 21.8 Å². The average Bonchev–Trinajstić information content (AvgIpc) is 2.67. The molecule has 3 rings (SSSR count). The zero-order valence-electron chi connectivity index (χ0n) is 8.29. The molecule has 2 nitrogen and oxygen atoms in total. The van der Waals surface area contributed by atoms with Crippen molar-refractivity contribution in [2.75, 3.05) is 0 Å². The molecule has 0 atom stereocenters. The van der Waals surface area contributed by atoms with E-state index in [2.05, 4.69) is 11.1 Å². The average molecular weight is 227 g/mol. The van der Waals surface area contributed by atoms with Gasteiger partial charge in [-0.25, -0.2) is 0 Å². The Labute approximate surface area is 97.1 Å². The predicted octanol–water partition coefficient (Wildman–Crippen LogP) is 3.85. The number of rotatable bonds is 0. The number of hydrogen-bond acceptors (Lipinski definition) is 1. The van der Waals surface area contributed by atoms with Crippen LogP contribution >= 0.6 is 11.6 Å². The standard InChI is InChI=1S/C13H7ClN2/c14-9-4-5-12-11(6-9)10-3-1-2-8(7-15)13(10)16-12/h1-6,16H. The molecule has 3 aromatic rings. The van der Waals surface area contributed by atoms with Crippen molar-refractivity contribution in [1.82, 2.24) is 4.98 Å². The highest BCUT2D eigenvalue weighted by Crippen LogP contribution is 2.29. The van der Waals surface area contributed by atoms with Crippen molar-refractivity contribution in [2.45, 2.75) is 0 Å². The minimum absolute atomic E-state index is 0.657. The molecule has 76 valence electrons. The number of halogens is 1. The Balaban J connectivity index is 2.57. The molecule has 0 saturated carbocycles. The lowest BCUT2D eigenvalue weighted by atomic mass is 10.1. The molecule has 0 spiro atoms. The summed E-state index contributed by atoms with van der Waals surface area (Å²) in [5, 5.41) is 11.8. The second-order valence-corrected chi connectivity index (χ2v) is 4.09. The molecule has 1 heterocycles. The van der Waals surface area contributed by atoms with Crippen molar-refractivity contribution in [3.8, 4) is 6.07 Å². The van der Waals surface area contributed by atoms with E-state index in [-0.39, 0.29) is 0 Å². The van der Waals surface area contributed by atoms with Crippen LogP contribution in [0.3, 0.4) is 0 Å². The quantitative estimate of drug-likeness (QED) is 0.622. The van der Waals surface area contributed by atoms with Gasteiger partial charge in [-0.1, -0.05) is 23.7 Å². The maximum atomic E-state index is 9.02. The molecule has 0 aliphatic heterocycles. The Morgan fingerprint density at radius 2 is 2.00 bits per heavy atom. The Hall–Kier alpha value is -1.98. The van der Waals surface area contributed by atoms with Gasteiger partial charge in [0.05, 0.1) is 11.1 Å². The normalized spacial score (nSPS) is 10.8. The van der Waals surface area contributed by atoms with Gasteiger partial charge in [0, 0.05) is 21.3 Å². The fourth-order valence-electron chi connectivity index (χ4n) is 1.99. The van der Waals surface area contributed by atoms with Crippen LogP contribution in [0.2, 0.25) is 5.02 Å².